The van der Waals surface area contributed by atoms with Crippen molar-refractivity contribution in [3.05, 3.63) is 72.8 Å². The van der Waals surface area contributed by atoms with Crippen molar-refractivity contribution in [2.24, 2.45) is 29.6 Å². The molecule has 7 rings (SSSR count). The second-order valence-electron chi connectivity index (χ2n) is 13.1. The van der Waals surface area contributed by atoms with E-state index in [1.165, 1.54) is 22.8 Å². The lowest BCUT2D eigenvalue weighted by Gasteiger charge is -2.36. The molecular weight excluding hydrogens is 594 g/mol. The number of benzene rings is 2. The Morgan fingerprint density at radius 2 is 1.78 bits per heavy atom. The molecule has 4 heterocycles. The molecule has 3 saturated heterocycles. The summed E-state index contributed by atoms with van der Waals surface area (Å²) in [6, 6.07) is 15.4. The summed E-state index contributed by atoms with van der Waals surface area (Å²) < 4.78 is 46.4. The predicted molar refractivity (Wildman–Crippen MR) is 167 cm³/mol. The van der Waals surface area contributed by atoms with Crippen LogP contribution in [0.3, 0.4) is 0 Å². The number of hydrogen-bond donors (Lipinski definition) is 2. The molecule has 0 spiro atoms. The molecule has 2 unspecified atom stereocenters. The topological polar surface area (TPSA) is 131 Å². The lowest BCUT2D eigenvalue weighted by atomic mass is 9.67. The van der Waals surface area contributed by atoms with Crippen LogP contribution in [0, 0.1) is 29.6 Å². The Balaban J connectivity index is 1.19. The Bertz CT molecular complexity index is 1510. The van der Waals surface area contributed by atoms with E-state index in [2.05, 4.69) is 10.3 Å². The summed E-state index contributed by atoms with van der Waals surface area (Å²) in [5, 5.41) is 14.8. The standard InChI is InChI=1S/C34H43N3O7S/c1-22(2)17-37(45(40,41)26-11-8-24(9-12-26)32-16-35-21-44-32)18-31(38)30(14-23-6-4-3-5-7-23)36-33(39)15-28-25-10-13-27-29(28)20-43-34(27)42-19-25/h3-9,11-12,16,21-22,25,27-31,34,38H,10,13-15,17-20H2,1-2H3,(H,36,39)/t25?,27?,28-,29+,30-,31+,34-/m0/s1. The fourth-order valence-corrected chi connectivity index (χ4v) is 8.90. The summed E-state index contributed by atoms with van der Waals surface area (Å²) in [5.41, 5.74) is 1.65. The summed E-state index contributed by atoms with van der Waals surface area (Å²) in [6.45, 7) is 5.14. The molecule has 0 radical (unpaired) electrons. The number of fused-ring (bicyclic) bond motifs is 2. The van der Waals surface area contributed by atoms with E-state index in [-0.39, 0.29) is 42.0 Å². The monoisotopic (exact) mass is 637 g/mol. The largest absolute Gasteiger partial charge is 0.444 e. The molecule has 4 fully saturated rings. The first kappa shape index (κ1) is 31.9. The fourth-order valence-electron chi connectivity index (χ4n) is 7.28. The minimum absolute atomic E-state index is 0.00735. The van der Waals surface area contributed by atoms with E-state index >= 15 is 0 Å². The highest BCUT2D eigenvalue weighted by molar-refractivity contribution is 7.89. The molecule has 1 aliphatic carbocycles. The number of oxazole rings is 1. The smallest absolute Gasteiger partial charge is 0.243 e. The summed E-state index contributed by atoms with van der Waals surface area (Å²) in [6.07, 6.45) is 4.37. The highest BCUT2D eigenvalue weighted by atomic mass is 32.2. The van der Waals surface area contributed by atoms with Gasteiger partial charge in [-0.25, -0.2) is 13.4 Å². The van der Waals surface area contributed by atoms with Crippen LogP contribution in [0.15, 0.2) is 76.5 Å². The zero-order chi connectivity index (χ0) is 31.6. The van der Waals surface area contributed by atoms with E-state index in [0.717, 1.165) is 18.4 Å². The second-order valence-corrected chi connectivity index (χ2v) is 15.0. The zero-order valence-corrected chi connectivity index (χ0v) is 26.6. The summed E-state index contributed by atoms with van der Waals surface area (Å²) >= 11 is 0. The first-order valence-electron chi connectivity index (χ1n) is 15.9. The van der Waals surface area contributed by atoms with Crippen LogP contribution in [-0.4, -0.2) is 73.5 Å². The van der Waals surface area contributed by atoms with E-state index < -0.39 is 22.2 Å². The molecule has 242 valence electrons. The van der Waals surface area contributed by atoms with Crippen molar-refractivity contribution in [2.75, 3.05) is 26.3 Å². The number of carbonyl (C=O) groups is 1. The van der Waals surface area contributed by atoms with Gasteiger partial charge in [-0.2, -0.15) is 4.31 Å². The average molecular weight is 638 g/mol. The van der Waals surface area contributed by atoms with Crippen LogP contribution in [-0.2, 0) is 30.7 Å². The Kier molecular flexibility index (Phi) is 9.72. The molecule has 7 atom stereocenters. The number of sulfonamides is 1. The SMILES string of the molecule is CC(C)CN(C[C@@H](O)[C@H](Cc1ccccc1)NC(=O)C[C@H]1C2CCC3[C@@H](OC2)OC[C@H]31)S(=O)(=O)c1ccc(-c2cnco2)cc1. The second kappa shape index (κ2) is 13.7. The Morgan fingerprint density at radius 1 is 1.02 bits per heavy atom. The number of carbonyl (C=O) groups excluding carboxylic acids is 1. The van der Waals surface area contributed by atoms with E-state index in [9.17, 15) is 18.3 Å². The predicted octanol–water partition coefficient (Wildman–Crippen LogP) is 4.11. The first-order chi connectivity index (χ1) is 21.7. The first-order valence-corrected chi connectivity index (χ1v) is 17.4. The molecule has 45 heavy (non-hydrogen) atoms. The maximum Gasteiger partial charge on any atom is 0.243 e. The maximum atomic E-state index is 13.9. The Hall–Kier alpha value is -3.09. The van der Waals surface area contributed by atoms with Gasteiger partial charge in [-0.05, 0) is 72.8 Å². The number of nitrogens with zero attached hydrogens (tertiary/aromatic N) is 2. The van der Waals surface area contributed by atoms with Crippen LogP contribution in [0.25, 0.3) is 11.3 Å². The Labute approximate surface area is 265 Å². The molecule has 2 N–H and O–H groups in total. The molecule has 1 saturated carbocycles. The van der Waals surface area contributed by atoms with E-state index in [4.69, 9.17) is 13.9 Å². The fraction of sp³-hybridized carbons (Fsp3) is 0.529. The number of hydrogen-bond acceptors (Lipinski definition) is 8. The molecule has 10 nitrogen and oxygen atoms in total. The van der Waals surface area contributed by atoms with Crippen LogP contribution in [0.2, 0.25) is 0 Å². The highest BCUT2D eigenvalue weighted by Gasteiger charge is 2.51. The van der Waals surface area contributed by atoms with Crippen molar-refractivity contribution in [3.63, 3.8) is 0 Å². The molecule has 4 aliphatic rings. The number of ether oxygens (including phenoxy) is 2. The molecule has 3 aliphatic heterocycles. The quantitative estimate of drug-likeness (QED) is 0.286. The molecule has 3 aromatic rings. The number of aromatic nitrogens is 1. The number of nitrogens with one attached hydrogen (secondary N) is 1. The van der Waals surface area contributed by atoms with Gasteiger partial charge in [-0.15, -0.1) is 0 Å². The molecule has 1 aromatic heterocycles. The lowest BCUT2D eigenvalue weighted by molar-refractivity contribution is -0.134. The van der Waals surface area contributed by atoms with Crippen LogP contribution >= 0.6 is 0 Å². The van der Waals surface area contributed by atoms with Crippen LogP contribution in [0.1, 0.15) is 38.7 Å². The minimum atomic E-state index is -3.96. The van der Waals surface area contributed by atoms with Gasteiger partial charge in [0.1, 0.15) is 0 Å². The highest BCUT2D eigenvalue weighted by Crippen LogP contribution is 2.49. The molecule has 2 aromatic carbocycles. The molecule has 1 amide bonds. The Morgan fingerprint density at radius 3 is 2.49 bits per heavy atom. The van der Waals surface area contributed by atoms with Crippen LogP contribution < -0.4 is 5.32 Å². The minimum Gasteiger partial charge on any atom is -0.444 e. The van der Waals surface area contributed by atoms with Crippen LogP contribution in [0.4, 0.5) is 0 Å². The van der Waals surface area contributed by atoms with Gasteiger partial charge >= 0.3 is 0 Å². The summed E-state index contributed by atoms with van der Waals surface area (Å²) in [5.74, 6) is 1.49. The number of rotatable bonds is 13. The van der Waals surface area contributed by atoms with Crippen LogP contribution in [0.5, 0.6) is 0 Å². The molecule has 4 bridgehead atoms. The number of amides is 1. The van der Waals surface area contributed by atoms with E-state index in [0.29, 0.717) is 55.1 Å². The van der Waals surface area contributed by atoms with Gasteiger partial charge < -0.3 is 24.3 Å². The molecule has 11 heteroatoms. The third-order valence-electron chi connectivity index (χ3n) is 9.55. The number of aliphatic hydroxyl groups is 1. The average Bonchev–Trinajstić information content (AvgIpc) is 3.64. The van der Waals surface area contributed by atoms with Crippen molar-refractivity contribution in [3.8, 4) is 11.3 Å². The molecular formula is C34H43N3O7S. The maximum absolute atomic E-state index is 13.9. The van der Waals surface area contributed by atoms with Gasteiger partial charge in [0.15, 0.2) is 18.4 Å². The summed E-state index contributed by atoms with van der Waals surface area (Å²) in [4.78, 5) is 17.7. The van der Waals surface area contributed by atoms with Crippen molar-refractivity contribution in [1.82, 2.24) is 14.6 Å². The van der Waals surface area contributed by atoms with Gasteiger partial charge in [-0.1, -0.05) is 44.2 Å². The van der Waals surface area contributed by atoms with E-state index in [1.807, 2.05) is 44.2 Å². The normalized spacial score (nSPS) is 25.8. The van der Waals surface area contributed by atoms with Crippen molar-refractivity contribution < 1.29 is 32.2 Å². The third kappa shape index (κ3) is 7.18. The number of aliphatic hydroxyl groups excluding tert-OH is 1. The zero-order valence-electron chi connectivity index (χ0n) is 25.8. The lowest BCUT2D eigenvalue weighted by Crippen LogP contribution is -2.51. The van der Waals surface area contributed by atoms with Gasteiger partial charge in [0.25, 0.3) is 0 Å². The van der Waals surface area contributed by atoms with Gasteiger partial charge in [0.2, 0.25) is 15.9 Å². The van der Waals surface area contributed by atoms with Crippen molar-refractivity contribution >= 4 is 15.9 Å². The van der Waals surface area contributed by atoms with Crippen molar-refractivity contribution in [1.29, 1.82) is 0 Å². The van der Waals surface area contributed by atoms with Gasteiger partial charge in [0, 0.05) is 31.0 Å². The van der Waals surface area contributed by atoms with Crippen molar-refractivity contribution in [2.45, 2.75) is 62.9 Å². The van der Waals surface area contributed by atoms with Gasteiger partial charge in [-0.3, -0.25) is 4.79 Å². The summed E-state index contributed by atoms with van der Waals surface area (Å²) in [7, 11) is -3.96. The van der Waals surface area contributed by atoms with Gasteiger partial charge in [0.05, 0.1) is 36.5 Å². The van der Waals surface area contributed by atoms with E-state index in [1.54, 1.807) is 18.3 Å². The third-order valence-corrected chi connectivity index (χ3v) is 11.4.